The Morgan fingerprint density at radius 2 is 1.90 bits per heavy atom. The highest BCUT2D eigenvalue weighted by atomic mass is 35.5. The van der Waals surface area contributed by atoms with Crippen molar-refractivity contribution in [3.8, 4) is 0 Å². The minimum atomic E-state index is -3.25. The lowest BCUT2D eigenvalue weighted by atomic mass is 10.3. The Balaban J connectivity index is 2.00. The van der Waals surface area contributed by atoms with Gasteiger partial charge in [-0.1, -0.05) is 17.7 Å². The van der Waals surface area contributed by atoms with E-state index in [0.717, 1.165) is 6.26 Å². The molecule has 0 saturated carbocycles. The minimum Gasteiger partial charge on any atom is -0.322 e. The topological polar surface area (TPSA) is 69.7 Å². The lowest BCUT2D eigenvalue weighted by Crippen LogP contribution is -2.51. The third-order valence-corrected chi connectivity index (χ3v) is 4.81. The first-order valence-electron chi connectivity index (χ1n) is 6.24. The third-order valence-electron chi connectivity index (χ3n) is 3.19. The Morgan fingerprint density at radius 3 is 2.43 bits per heavy atom. The molecule has 1 saturated heterocycles. The Bertz CT molecular complexity index is 625. The molecule has 1 aromatic rings. The predicted molar refractivity (Wildman–Crippen MR) is 78.4 cm³/mol. The molecule has 21 heavy (non-hydrogen) atoms. The summed E-state index contributed by atoms with van der Waals surface area (Å²) in [6.07, 6.45) is 1.13. The Morgan fingerprint density at radius 1 is 1.29 bits per heavy atom. The van der Waals surface area contributed by atoms with Gasteiger partial charge in [0.15, 0.2) is 0 Å². The lowest BCUT2D eigenvalue weighted by molar-refractivity contribution is 0.184. The largest absolute Gasteiger partial charge is 0.322 e. The summed E-state index contributed by atoms with van der Waals surface area (Å²) in [6.45, 7) is 0.921. The molecule has 1 fully saturated rings. The van der Waals surface area contributed by atoms with Crippen molar-refractivity contribution in [3.05, 3.63) is 29.0 Å². The normalized spacial score (nSPS) is 16.8. The van der Waals surface area contributed by atoms with Crippen LogP contribution in [0.3, 0.4) is 0 Å². The molecule has 6 nitrogen and oxygen atoms in total. The zero-order valence-electron chi connectivity index (χ0n) is 11.3. The molecule has 0 bridgehead atoms. The molecule has 2 amide bonds. The number of hydrogen-bond donors (Lipinski definition) is 1. The molecule has 1 aliphatic heterocycles. The van der Waals surface area contributed by atoms with Crippen LogP contribution in [0.2, 0.25) is 5.02 Å². The quantitative estimate of drug-likeness (QED) is 0.892. The van der Waals surface area contributed by atoms with Gasteiger partial charge in [0.2, 0.25) is 10.0 Å². The lowest BCUT2D eigenvalue weighted by Gasteiger charge is -2.33. The molecular formula is C12H15ClFN3O3S. The molecule has 0 radical (unpaired) electrons. The smallest absolute Gasteiger partial charge is 0.322 e. The van der Waals surface area contributed by atoms with Crippen molar-refractivity contribution in [2.75, 3.05) is 37.8 Å². The van der Waals surface area contributed by atoms with Gasteiger partial charge in [-0.05, 0) is 12.1 Å². The van der Waals surface area contributed by atoms with E-state index in [1.807, 2.05) is 0 Å². The van der Waals surface area contributed by atoms with Crippen molar-refractivity contribution in [3.63, 3.8) is 0 Å². The number of hydrogen-bond acceptors (Lipinski definition) is 3. The highest BCUT2D eigenvalue weighted by molar-refractivity contribution is 7.88. The molecule has 2 rings (SSSR count). The summed E-state index contributed by atoms with van der Waals surface area (Å²) in [5, 5.41) is 2.52. The summed E-state index contributed by atoms with van der Waals surface area (Å²) >= 11 is 5.83. The van der Waals surface area contributed by atoms with Crippen LogP contribution in [0, 0.1) is 5.82 Å². The maximum absolute atomic E-state index is 13.6. The molecule has 0 unspecified atom stereocenters. The summed E-state index contributed by atoms with van der Waals surface area (Å²) in [5.41, 5.74) is -0.0743. The second-order valence-corrected chi connectivity index (χ2v) is 7.07. The number of nitrogens with one attached hydrogen (secondary N) is 1. The molecule has 0 aliphatic carbocycles. The number of halogens is 2. The number of para-hydroxylation sites is 1. The Labute approximate surface area is 127 Å². The average molecular weight is 336 g/mol. The number of urea groups is 1. The summed E-state index contributed by atoms with van der Waals surface area (Å²) in [5.74, 6) is -0.620. The Hall–Kier alpha value is -1.38. The van der Waals surface area contributed by atoms with Gasteiger partial charge in [-0.25, -0.2) is 17.6 Å². The van der Waals surface area contributed by atoms with E-state index >= 15 is 0 Å². The second kappa shape index (κ2) is 6.17. The van der Waals surface area contributed by atoms with Crippen LogP contribution in [-0.2, 0) is 10.0 Å². The summed E-state index contributed by atoms with van der Waals surface area (Å²) in [7, 11) is -3.25. The Kier molecular flexibility index (Phi) is 4.70. The van der Waals surface area contributed by atoms with Gasteiger partial charge in [-0.2, -0.15) is 4.31 Å². The van der Waals surface area contributed by atoms with Crippen LogP contribution in [0.25, 0.3) is 0 Å². The first kappa shape index (κ1) is 16.0. The van der Waals surface area contributed by atoms with Crippen molar-refractivity contribution in [1.29, 1.82) is 0 Å². The molecule has 1 N–H and O–H groups in total. The van der Waals surface area contributed by atoms with Gasteiger partial charge in [-0.15, -0.1) is 0 Å². The van der Waals surface area contributed by atoms with E-state index in [-0.39, 0.29) is 36.9 Å². The van der Waals surface area contributed by atoms with E-state index in [1.54, 1.807) is 0 Å². The predicted octanol–water partition coefficient (Wildman–Crippen LogP) is 1.59. The second-order valence-electron chi connectivity index (χ2n) is 4.68. The van der Waals surface area contributed by atoms with E-state index in [1.165, 1.54) is 27.4 Å². The number of benzene rings is 1. The number of amides is 2. The molecular weight excluding hydrogens is 321 g/mol. The standard InChI is InChI=1S/C12H15ClFN3O3S/c1-21(19,20)17-7-5-16(6-8-17)12(18)15-11-9(13)3-2-4-10(11)14/h2-4H,5-8H2,1H3,(H,15,18). The molecule has 116 valence electrons. The van der Waals surface area contributed by atoms with Crippen LogP contribution < -0.4 is 5.32 Å². The zero-order chi connectivity index (χ0) is 15.6. The number of carbonyl (C=O) groups is 1. The molecule has 0 atom stereocenters. The van der Waals surface area contributed by atoms with Crippen LogP contribution in [0.15, 0.2) is 18.2 Å². The first-order chi connectivity index (χ1) is 9.79. The number of rotatable bonds is 2. The summed E-state index contributed by atoms with van der Waals surface area (Å²) in [4.78, 5) is 13.5. The highest BCUT2D eigenvalue weighted by Crippen LogP contribution is 2.25. The summed E-state index contributed by atoms with van der Waals surface area (Å²) in [6, 6.07) is 3.61. The van der Waals surface area contributed by atoms with Gasteiger partial charge in [-0.3, -0.25) is 0 Å². The number of anilines is 1. The molecule has 9 heteroatoms. The van der Waals surface area contributed by atoms with Gasteiger partial charge in [0, 0.05) is 26.2 Å². The fraction of sp³-hybridized carbons (Fsp3) is 0.417. The molecule has 0 spiro atoms. The third kappa shape index (κ3) is 3.84. The van der Waals surface area contributed by atoms with Crippen LogP contribution in [0.1, 0.15) is 0 Å². The zero-order valence-corrected chi connectivity index (χ0v) is 12.9. The first-order valence-corrected chi connectivity index (χ1v) is 8.47. The monoisotopic (exact) mass is 335 g/mol. The highest BCUT2D eigenvalue weighted by Gasteiger charge is 2.26. The average Bonchev–Trinajstić information content (AvgIpc) is 2.42. The molecule has 0 aromatic heterocycles. The number of nitrogens with zero attached hydrogens (tertiary/aromatic N) is 2. The van der Waals surface area contributed by atoms with Gasteiger partial charge in [0.1, 0.15) is 5.82 Å². The fourth-order valence-electron chi connectivity index (χ4n) is 2.03. The van der Waals surface area contributed by atoms with Crippen LogP contribution >= 0.6 is 11.6 Å². The minimum absolute atomic E-state index is 0.0743. The van der Waals surface area contributed by atoms with Crippen LogP contribution in [0.5, 0.6) is 0 Å². The van der Waals surface area contributed by atoms with Crippen LogP contribution in [0.4, 0.5) is 14.9 Å². The van der Waals surface area contributed by atoms with Crippen molar-refractivity contribution in [1.82, 2.24) is 9.21 Å². The van der Waals surface area contributed by atoms with E-state index in [4.69, 9.17) is 11.6 Å². The van der Waals surface area contributed by atoms with Crippen molar-refractivity contribution >= 4 is 33.3 Å². The van der Waals surface area contributed by atoms with Crippen molar-refractivity contribution in [2.45, 2.75) is 0 Å². The SMILES string of the molecule is CS(=O)(=O)N1CCN(C(=O)Nc2c(F)cccc2Cl)CC1. The maximum atomic E-state index is 13.6. The fourth-order valence-corrected chi connectivity index (χ4v) is 3.06. The van der Waals surface area contributed by atoms with E-state index < -0.39 is 21.9 Å². The molecule has 1 aromatic carbocycles. The molecule has 1 aliphatic rings. The summed E-state index contributed by atoms with van der Waals surface area (Å²) < 4.78 is 37.7. The van der Waals surface area contributed by atoms with E-state index in [0.29, 0.717) is 0 Å². The van der Waals surface area contributed by atoms with E-state index in [2.05, 4.69) is 5.32 Å². The number of sulfonamides is 1. The van der Waals surface area contributed by atoms with Gasteiger partial charge < -0.3 is 10.2 Å². The number of carbonyl (C=O) groups excluding carboxylic acids is 1. The molecule has 1 heterocycles. The van der Waals surface area contributed by atoms with Gasteiger partial charge in [0.25, 0.3) is 0 Å². The van der Waals surface area contributed by atoms with Crippen molar-refractivity contribution in [2.24, 2.45) is 0 Å². The van der Waals surface area contributed by atoms with Gasteiger partial charge in [0.05, 0.1) is 17.0 Å². The van der Waals surface area contributed by atoms with Crippen LogP contribution in [-0.4, -0.2) is 56.1 Å². The van der Waals surface area contributed by atoms with Gasteiger partial charge >= 0.3 is 6.03 Å². The number of piperazine rings is 1. The van der Waals surface area contributed by atoms with Crippen molar-refractivity contribution < 1.29 is 17.6 Å². The maximum Gasteiger partial charge on any atom is 0.322 e. The van der Waals surface area contributed by atoms with E-state index in [9.17, 15) is 17.6 Å².